The number of hydrogen-bond donors (Lipinski definition) is 1. The highest BCUT2D eigenvalue weighted by atomic mass is 35.5. The minimum Gasteiger partial charge on any atom is -0.477 e. The summed E-state index contributed by atoms with van der Waals surface area (Å²) in [5, 5.41) is 10.3. The second-order valence-corrected chi connectivity index (χ2v) is 5.83. The number of nitrogens with zero attached hydrogens (tertiary/aromatic N) is 3. The molecular formula is C18H18ClN3O4. The van der Waals surface area contributed by atoms with Gasteiger partial charge in [-0.2, -0.15) is 0 Å². The number of esters is 1. The maximum absolute atomic E-state index is 12.2. The molecule has 0 aliphatic carbocycles. The van der Waals surface area contributed by atoms with Gasteiger partial charge in [-0.25, -0.2) is 14.8 Å². The summed E-state index contributed by atoms with van der Waals surface area (Å²) in [4.78, 5) is 20.7. The second-order valence-electron chi connectivity index (χ2n) is 5.42. The third-order valence-corrected chi connectivity index (χ3v) is 4.00. The van der Waals surface area contributed by atoms with Crippen LogP contribution in [0.1, 0.15) is 29.9 Å². The van der Waals surface area contributed by atoms with Crippen molar-refractivity contribution in [2.45, 2.75) is 20.5 Å². The number of halogens is 1. The molecule has 3 aromatic rings. The number of imidazole rings is 1. The maximum atomic E-state index is 12.2. The van der Waals surface area contributed by atoms with Gasteiger partial charge in [-0.1, -0.05) is 11.6 Å². The predicted molar refractivity (Wildman–Crippen MR) is 96.9 cm³/mol. The average Bonchev–Trinajstić information content (AvgIpc) is 3.10. The Balaban J connectivity index is 2.15. The van der Waals surface area contributed by atoms with Crippen LogP contribution in [0.5, 0.6) is 5.88 Å². The van der Waals surface area contributed by atoms with Gasteiger partial charge in [0, 0.05) is 11.6 Å². The van der Waals surface area contributed by atoms with Gasteiger partial charge in [0.25, 0.3) is 0 Å². The van der Waals surface area contributed by atoms with Gasteiger partial charge in [0.2, 0.25) is 5.88 Å². The summed E-state index contributed by atoms with van der Waals surface area (Å²) >= 11 is 6.39. The molecule has 0 bridgehead atoms. The van der Waals surface area contributed by atoms with Crippen LogP contribution >= 0.6 is 11.6 Å². The SMILES string of the molecule is CCOC(=O)c1cc2cc(-n3cnc(CO)c3)c(Cl)cc2nc1OCC. The molecule has 0 aliphatic heterocycles. The molecule has 2 heterocycles. The standard InChI is InChI=1S/C18H18ClN3O4/c1-3-25-17-13(18(24)26-4-2)5-11-6-16(14(19)7-15(11)21-17)22-8-12(9-23)20-10-22/h5-8,10,23H,3-4,9H2,1-2H3. The van der Waals surface area contributed by atoms with Gasteiger partial charge >= 0.3 is 5.97 Å². The first-order valence-corrected chi connectivity index (χ1v) is 8.53. The Hall–Kier alpha value is -2.64. The number of rotatable bonds is 6. The molecule has 0 atom stereocenters. The van der Waals surface area contributed by atoms with E-state index >= 15 is 0 Å². The van der Waals surface area contributed by atoms with Crippen molar-refractivity contribution >= 4 is 28.5 Å². The van der Waals surface area contributed by atoms with Crippen molar-refractivity contribution in [2.24, 2.45) is 0 Å². The maximum Gasteiger partial charge on any atom is 0.343 e. The predicted octanol–water partition coefficient (Wildman–Crippen LogP) is 3.14. The van der Waals surface area contributed by atoms with Crippen molar-refractivity contribution in [3.63, 3.8) is 0 Å². The van der Waals surface area contributed by atoms with Gasteiger partial charge in [-0.15, -0.1) is 0 Å². The summed E-state index contributed by atoms with van der Waals surface area (Å²) in [5.74, 6) is -0.278. The van der Waals surface area contributed by atoms with E-state index in [1.165, 1.54) is 0 Å². The van der Waals surface area contributed by atoms with Gasteiger partial charge in [-0.3, -0.25) is 0 Å². The van der Waals surface area contributed by atoms with Crippen molar-refractivity contribution < 1.29 is 19.4 Å². The van der Waals surface area contributed by atoms with Gasteiger partial charge in [0.1, 0.15) is 5.56 Å². The zero-order valence-corrected chi connectivity index (χ0v) is 15.2. The molecule has 0 saturated heterocycles. The van der Waals surface area contributed by atoms with Crippen LogP contribution in [0.15, 0.2) is 30.7 Å². The molecule has 8 heteroatoms. The van der Waals surface area contributed by atoms with Crippen LogP contribution in [0.4, 0.5) is 0 Å². The lowest BCUT2D eigenvalue weighted by atomic mass is 10.1. The van der Waals surface area contributed by atoms with E-state index in [9.17, 15) is 9.90 Å². The van der Waals surface area contributed by atoms with Crippen LogP contribution in [0.2, 0.25) is 5.02 Å². The Labute approximate surface area is 155 Å². The number of fused-ring (bicyclic) bond motifs is 1. The minimum absolute atomic E-state index is 0.162. The van der Waals surface area contributed by atoms with E-state index in [1.807, 2.05) is 6.92 Å². The number of carbonyl (C=O) groups is 1. The van der Waals surface area contributed by atoms with Crippen molar-refractivity contribution in [3.05, 3.63) is 47.0 Å². The van der Waals surface area contributed by atoms with Crippen LogP contribution < -0.4 is 4.74 Å². The van der Waals surface area contributed by atoms with Gasteiger partial charge in [-0.05, 0) is 32.0 Å². The molecule has 0 saturated carbocycles. The Morgan fingerprint density at radius 3 is 2.73 bits per heavy atom. The lowest BCUT2D eigenvalue weighted by Crippen LogP contribution is -2.09. The molecule has 0 fully saturated rings. The molecule has 1 N–H and O–H groups in total. The number of pyridine rings is 1. The first-order chi connectivity index (χ1) is 12.6. The fourth-order valence-electron chi connectivity index (χ4n) is 2.54. The topological polar surface area (TPSA) is 86.5 Å². The quantitative estimate of drug-likeness (QED) is 0.666. The lowest BCUT2D eigenvalue weighted by molar-refractivity contribution is 0.0521. The van der Waals surface area contributed by atoms with E-state index in [-0.39, 0.29) is 24.7 Å². The van der Waals surface area contributed by atoms with Gasteiger partial charge in [0.05, 0.1) is 48.1 Å². The summed E-state index contributed by atoms with van der Waals surface area (Å²) in [6.07, 6.45) is 3.24. The number of carbonyl (C=O) groups excluding carboxylic acids is 1. The van der Waals surface area contributed by atoms with Gasteiger partial charge in [0.15, 0.2) is 0 Å². The normalized spacial score (nSPS) is 10.9. The van der Waals surface area contributed by atoms with E-state index in [2.05, 4.69) is 9.97 Å². The zero-order valence-electron chi connectivity index (χ0n) is 14.4. The molecule has 1 aromatic carbocycles. The van der Waals surface area contributed by atoms with Crippen LogP contribution in [-0.4, -0.2) is 38.8 Å². The van der Waals surface area contributed by atoms with E-state index < -0.39 is 5.97 Å². The lowest BCUT2D eigenvalue weighted by Gasteiger charge is -2.12. The minimum atomic E-state index is -0.493. The molecule has 7 nitrogen and oxygen atoms in total. The highest BCUT2D eigenvalue weighted by Crippen LogP contribution is 2.30. The number of benzene rings is 1. The molecule has 26 heavy (non-hydrogen) atoms. The first-order valence-electron chi connectivity index (χ1n) is 8.15. The molecule has 136 valence electrons. The molecule has 2 aromatic heterocycles. The molecule has 0 radical (unpaired) electrons. The Morgan fingerprint density at radius 2 is 2.08 bits per heavy atom. The summed E-state index contributed by atoms with van der Waals surface area (Å²) < 4.78 is 12.3. The number of hydrogen-bond acceptors (Lipinski definition) is 6. The van der Waals surface area contributed by atoms with Crippen LogP contribution in [0.3, 0.4) is 0 Å². The van der Waals surface area contributed by atoms with Crippen molar-refractivity contribution in [2.75, 3.05) is 13.2 Å². The number of ether oxygens (including phenoxy) is 2. The van der Waals surface area contributed by atoms with Crippen molar-refractivity contribution in [3.8, 4) is 11.6 Å². The second kappa shape index (κ2) is 7.72. The third kappa shape index (κ3) is 3.49. The molecule has 0 spiro atoms. The molecule has 0 unspecified atom stereocenters. The molecule has 3 rings (SSSR count). The highest BCUT2D eigenvalue weighted by Gasteiger charge is 2.18. The van der Waals surface area contributed by atoms with Crippen molar-refractivity contribution in [1.82, 2.24) is 14.5 Å². The summed E-state index contributed by atoms with van der Waals surface area (Å²) in [5.41, 5.74) is 2.04. The summed E-state index contributed by atoms with van der Waals surface area (Å²) in [6.45, 7) is 4.02. The molecular weight excluding hydrogens is 358 g/mol. The number of aromatic nitrogens is 3. The van der Waals surface area contributed by atoms with E-state index in [4.69, 9.17) is 21.1 Å². The van der Waals surface area contributed by atoms with Crippen molar-refractivity contribution in [1.29, 1.82) is 0 Å². The van der Waals surface area contributed by atoms with Crippen LogP contribution in [0, 0.1) is 0 Å². The Kier molecular flexibility index (Phi) is 5.39. The first kappa shape index (κ1) is 18.2. The van der Waals surface area contributed by atoms with E-state index in [0.29, 0.717) is 33.9 Å². The molecule has 0 aliphatic rings. The largest absolute Gasteiger partial charge is 0.477 e. The fourth-order valence-corrected chi connectivity index (χ4v) is 2.80. The highest BCUT2D eigenvalue weighted by molar-refractivity contribution is 6.33. The number of aliphatic hydroxyl groups excluding tert-OH is 1. The van der Waals surface area contributed by atoms with Crippen LogP contribution in [0.25, 0.3) is 16.6 Å². The monoisotopic (exact) mass is 375 g/mol. The fraction of sp³-hybridized carbons (Fsp3) is 0.278. The Bertz CT molecular complexity index is 955. The van der Waals surface area contributed by atoms with E-state index in [1.54, 1.807) is 42.2 Å². The molecule has 0 amide bonds. The Morgan fingerprint density at radius 1 is 1.27 bits per heavy atom. The third-order valence-electron chi connectivity index (χ3n) is 3.70. The summed E-state index contributed by atoms with van der Waals surface area (Å²) in [6, 6.07) is 5.17. The number of aliphatic hydroxyl groups is 1. The average molecular weight is 376 g/mol. The zero-order chi connectivity index (χ0) is 18.7. The smallest absolute Gasteiger partial charge is 0.343 e. The summed E-state index contributed by atoms with van der Waals surface area (Å²) in [7, 11) is 0. The van der Waals surface area contributed by atoms with Crippen LogP contribution in [-0.2, 0) is 11.3 Å². The van der Waals surface area contributed by atoms with Gasteiger partial charge < -0.3 is 19.1 Å². The van der Waals surface area contributed by atoms with E-state index in [0.717, 1.165) is 0 Å².